The van der Waals surface area contributed by atoms with Gasteiger partial charge >= 0.3 is 0 Å². The van der Waals surface area contributed by atoms with Gasteiger partial charge in [0.1, 0.15) is 11.6 Å². The molecule has 0 aliphatic carbocycles. The fraction of sp³-hybridized carbons (Fsp3) is 0.444. The van der Waals surface area contributed by atoms with Crippen molar-refractivity contribution in [3.05, 3.63) is 64.4 Å². The van der Waals surface area contributed by atoms with E-state index in [0.29, 0.717) is 62.8 Å². The van der Waals surface area contributed by atoms with Gasteiger partial charge in [0.2, 0.25) is 0 Å². The average Bonchev–Trinajstić information content (AvgIpc) is 2.93. The Labute approximate surface area is 220 Å². The average molecular weight is 532 g/mol. The summed E-state index contributed by atoms with van der Waals surface area (Å²) in [5.41, 5.74) is 0.749. The molecule has 2 aromatic rings. The van der Waals surface area contributed by atoms with Crippen LogP contribution in [-0.2, 0) is 9.53 Å². The summed E-state index contributed by atoms with van der Waals surface area (Å²) < 4.78 is 24.2. The first kappa shape index (κ1) is 27.0. The number of morpholine rings is 1. The first-order valence-electron chi connectivity index (χ1n) is 12.5. The third kappa shape index (κ3) is 7.50. The topological polar surface area (TPSA) is 88.2 Å². The van der Waals surface area contributed by atoms with Crippen LogP contribution in [-0.4, -0.2) is 86.5 Å². The normalized spacial score (nSPS) is 16.9. The number of rotatable bonds is 9. The zero-order valence-corrected chi connectivity index (χ0v) is 21.3. The number of amides is 2. The lowest BCUT2D eigenvalue weighted by Gasteiger charge is -2.31. The van der Waals surface area contributed by atoms with Crippen LogP contribution in [0, 0.1) is 11.7 Å². The molecule has 2 heterocycles. The van der Waals surface area contributed by atoms with Gasteiger partial charge in [0.15, 0.2) is 12.4 Å². The highest BCUT2D eigenvalue weighted by Gasteiger charge is 2.28. The lowest BCUT2D eigenvalue weighted by molar-refractivity contribution is -0.134. The van der Waals surface area contributed by atoms with Gasteiger partial charge in [-0.05, 0) is 55.3 Å². The summed E-state index contributed by atoms with van der Waals surface area (Å²) in [7, 11) is 0. The summed E-state index contributed by atoms with van der Waals surface area (Å²) in [4.78, 5) is 42.1. The van der Waals surface area contributed by atoms with E-state index in [1.807, 2.05) is 0 Å². The first-order chi connectivity index (χ1) is 17.9. The van der Waals surface area contributed by atoms with Crippen molar-refractivity contribution >= 4 is 29.2 Å². The van der Waals surface area contributed by atoms with Crippen LogP contribution in [0.25, 0.3) is 0 Å². The molecule has 0 spiro atoms. The highest BCUT2D eigenvalue weighted by molar-refractivity contribution is 6.31. The lowest BCUT2D eigenvalue weighted by Crippen LogP contribution is -2.42. The summed E-state index contributed by atoms with van der Waals surface area (Å²) in [5.74, 6) is -0.887. The van der Waals surface area contributed by atoms with Crippen molar-refractivity contribution in [3.63, 3.8) is 0 Å². The van der Waals surface area contributed by atoms with Gasteiger partial charge in [-0.2, -0.15) is 0 Å². The highest BCUT2D eigenvalue weighted by Crippen LogP contribution is 2.25. The smallest absolute Gasteiger partial charge is 0.260 e. The van der Waals surface area contributed by atoms with Crippen molar-refractivity contribution in [2.24, 2.45) is 5.92 Å². The number of hydrogen-bond donors (Lipinski definition) is 1. The predicted molar refractivity (Wildman–Crippen MR) is 137 cm³/mol. The van der Waals surface area contributed by atoms with E-state index >= 15 is 0 Å². The van der Waals surface area contributed by atoms with E-state index in [9.17, 15) is 18.8 Å². The number of nitrogens with zero attached hydrogens (tertiary/aromatic N) is 2. The van der Waals surface area contributed by atoms with Crippen LogP contribution in [0.2, 0.25) is 5.02 Å². The molecule has 2 amide bonds. The second-order valence-corrected chi connectivity index (χ2v) is 9.60. The predicted octanol–water partition coefficient (Wildman–Crippen LogP) is 3.04. The minimum atomic E-state index is -0.383. The Bertz CT molecular complexity index is 1100. The van der Waals surface area contributed by atoms with Crippen LogP contribution in [0.1, 0.15) is 33.6 Å². The zero-order chi connectivity index (χ0) is 26.2. The van der Waals surface area contributed by atoms with Crippen molar-refractivity contribution in [3.8, 4) is 5.75 Å². The third-order valence-electron chi connectivity index (χ3n) is 6.70. The molecule has 4 rings (SSSR count). The van der Waals surface area contributed by atoms with Gasteiger partial charge in [-0.1, -0.05) is 11.6 Å². The van der Waals surface area contributed by atoms with Gasteiger partial charge in [-0.3, -0.25) is 19.3 Å². The molecule has 0 unspecified atom stereocenters. The molecule has 0 saturated carbocycles. The van der Waals surface area contributed by atoms with Gasteiger partial charge in [-0.15, -0.1) is 0 Å². The fourth-order valence-electron chi connectivity index (χ4n) is 4.52. The van der Waals surface area contributed by atoms with E-state index in [4.69, 9.17) is 21.1 Å². The van der Waals surface area contributed by atoms with Crippen molar-refractivity contribution in [1.29, 1.82) is 0 Å². The van der Waals surface area contributed by atoms with Gasteiger partial charge < -0.3 is 19.7 Å². The summed E-state index contributed by atoms with van der Waals surface area (Å²) in [5, 5.41) is 3.28. The van der Waals surface area contributed by atoms with Crippen LogP contribution in [0.3, 0.4) is 0 Å². The van der Waals surface area contributed by atoms with E-state index in [1.165, 1.54) is 30.3 Å². The molecule has 8 nitrogen and oxygen atoms in total. The third-order valence-corrected chi connectivity index (χ3v) is 6.94. The summed E-state index contributed by atoms with van der Waals surface area (Å²) >= 11 is 6.11. The van der Waals surface area contributed by atoms with Crippen molar-refractivity contribution in [2.75, 3.05) is 59.1 Å². The quantitative estimate of drug-likeness (QED) is 0.500. The molecule has 0 atom stereocenters. The van der Waals surface area contributed by atoms with Crippen LogP contribution in [0.5, 0.6) is 5.75 Å². The summed E-state index contributed by atoms with van der Waals surface area (Å²) in [6.07, 6.45) is 1.05. The monoisotopic (exact) mass is 531 g/mol. The number of hydrogen-bond acceptors (Lipinski definition) is 6. The second kappa shape index (κ2) is 13.0. The first-order valence-corrected chi connectivity index (χ1v) is 12.9. The van der Waals surface area contributed by atoms with Crippen LogP contribution < -0.4 is 10.1 Å². The van der Waals surface area contributed by atoms with E-state index in [0.717, 1.165) is 13.1 Å². The van der Waals surface area contributed by atoms with E-state index in [2.05, 4.69) is 10.2 Å². The van der Waals surface area contributed by atoms with Crippen LogP contribution in [0.15, 0.2) is 42.5 Å². The number of ether oxygens (including phenoxy) is 2. The number of halogens is 2. The van der Waals surface area contributed by atoms with Crippen molar-refractivity contribution < 1.29 is 28.2 Å². The molecular formula is C27H31ClFN3O5. The minimum absolute atomic E-state index is 0.0335. The largest absolute Gasteiger partial charge is 0.483 e. The molecule has 2 saturated heterocycles. The van der Waals surface area contributed by atoms with Crippen LogP contribution in [0.4, 0.5) is 4.39 Å². The summed E-state index contributed by atoms with van der Waals surface area (Å²) in [6, 6.07) is 10.3. The number of carbonyl (C=O) groups excluding carboxylic acids is 3. The van der Waals surface area contributed by atoms with Gasteiger partial charge in [-0.25, -0.2) is 4.39 Å². The molecule has 2 fully saturated rings. The summed E-state index contributed by atoms with van der Waals surface area (Å²) in [6.45, 7) is 4.85. The molecule has 2 aromatic carbocycles. The van der Waals surface area contributed by atoms with Gasteiger partial charge in [0.05, 0.1) is 18.8 Å². The van der Waals surface area contributed by atoms with Crippen molar-refractivity contribution in [1.82, 2.24) is 15.1 Å². The molecule has 0 bridgehead atoms. The molecule has 1 N–H and O–H groups in total. The molecule has 0 radical (unpaired) electrons. The molecule has 198 valence electrons. The van der Waals surface area contributed by atoms with Gasteiger partial charge in [0, 0.05) is 55.8 Å². The number of likely N-dealkylation sites (tertiary alicyclic amines) is 1. The van der Waals surface area contributed by atoms with Crippen molar-refractivity contribution in [2.45, 2.75) is 12.8 Å². The Hall–Kier alpha value is -3.01. The Morgan fingerprint density at radius 2 is 1.73 bits per heavy atom. The minimum Gasteiger partial charge on any atom is -0.483 e. The lowest BCUT2D eigenvalue weighted by atomic mass is 9.89. The van der Waals surface area contributed by atoms with E-state index in [1.54, 1.807) is 17.0 Å². The number of piperidine rings is 1. The molecular weight excluding hydrogens is 501 g/mol. The molecule has 0 aromatic heterocycles. The Morgan fingerprint density at radius 1 is 1.03 bits per heavy atom. The fourth-order valence-corrected chi connectivity index (χ4v) is 4.70. The number of nitrogens with one attached hydrogen (secondary N) is 1. The highest BCUT2D eigenvalue weighted by atomic mass is 35.5. The maximum atomic E-state index is 13.1. The second-order valence-electron chi connectivity index (χ2n) is 9.17. The number of Topliss-reactive ketones (excluding diaryl/α,β-unsaturated/α-hetero) is 1. The van der Waals surface area contributed by atoms with Crippen LogP contribution >= 0.6 is 11.6 Å². The molecule has 2 aliphatic rings. The number of ketones is 1. The molecule has 37 heavy (non-hydrogen) atoms. The number of carbonyl (C=O) groups is 3. The van der Waals surface area contributed by atoms with Gasteiger partial charge in [0.25, 0.3) is 11.8 Å². The maximum absolute atomic E-state index is 13.1. The SMILES string of the molecule is O=C(NCCN1CCOCC1)c1cc(Cl)ccc1OCC(=O)N1CCC(C(=O)c2ccc(F)cc2)CC1. The molecule has 2 aliphatic heterocycles. The Morgan fingerprint density at radius 3 is 2.43 bits per heavy atom. The standard InChI is InChI=1S/C27H31ClFN3O5/c28-21-3-6-24(23(17-21)27(35)30-9-12-31-13-15-36-16-14-31)37-18-25(33)32-10-7-20(8-11-32)26(34)19-1-4-22(29)5-2-19/h1-6,17,20H,7-16,18H2,(H,30,35). The van der Waals surface area contributed by atoms with E-state index in [-0.39, 0.29) is 47.3 Å². The maximum Gasteiger partial charge on any atom is 0.260 e. The molecule has 10 heteroatoms. The zero-order valence-electron chi connectivity index (χ0n) is 20.6. The Kier molecular flexibility index (Phi) is 9.49. The van der Waals surface area contributed by atoms with E-state index < -0.39 is 0 Å². The number of benzene rings is 2. The Balaban J connectivity index is 1.26.